The number of allylic oxidation sites excluding steroid dienone is 1. The van der Waals surface area contributed by atoms with Gasteiger partial charge in [0.15, 0.2) is 17.2 Å². The summed E-state index contributed by atoms with van der Waals surface area (Å²) in [5.74, 6) is -7.09. The molecule has 0 aromatic heterocycles. The number of ether oxygens (including phenoxy) is 2. The molecule has 4 aliphatic rings. The van der Waals surface area contributed by atoms with E-state index in [0.717, 1.165) is 24.2 Å². The fourth-order valence-electron chi connectivity index (χ4n) is 7.94. The summed E-state index contributed by atoms with van der Waals surface area (Å²) in [6, 6.07) is 8.08. The number of benzene rings is 2. The van der Waals surface area contributed by atoms with E-state index in [1.165, 1.54) is 6.07 Å². The number of likely N-dealkylation sites (N-methyl/N-ethyl adjacent to an activating group) is 1. The summed E-state index contributed by atoms with van der Waals surface area (Å²) in [6.45, 7) is 3.64. The highest BCUT2D eigenvalue weighted by molar-refractivity contribution is 6.16. The van der Waals surface area contributed by atoms with Crippen LogP contribution in [0.15, 0.2) is 41.7 Å². The van der Waals surface area contributed by atoms with Gasteiger partial charge in [-0.3, -0.25) is 19.3 Å². The number of carbonyl (C=O) groups excluding carboxylic acids is 3. The number of phenolic OH excluding ortho intramolecular Hbond substituents is 1. The number of primary amides is 1. The average molecular weight is 622 g/mol. The van der Waals surface area contributed by atoms with Gasteiger partial charge in [0.25, 0.3) is 0 Å². The van der Waals surface area contributed by atoms with E-state index in [1.807, 2.05) is 18.2 Å². The number of nitrogens with zero attached hydrogens (tertiary/aromatic N) is 2. The molecule has 1 saturated heterocycles. The van der Waals surface area contributed by atoms with E-state index in [4.69, 9.17) is 15.2 Å². The number of rotatable bonds is 6. The lowest BCUT2D eigenvalue weighted by Crippen LogP contribution is -2.71. The largest absolute Gasteiger partial charge is 0.508 e. The SMILES string of the molecule is COc1ccc(CN2CCOCC2)cc1-c1ccc(O)c2c1C[C@H]1C[C@H]3[C@H](N(C)C)C(O)C(C(N)=O)C(=O)[C@@]3(O)C(O)=C1C2=O. The number of amides is 1. The second-order valence-electron chi connectivity index (χ2n) is 12.7. The minimum absolute atomic E-state index is 0.0353. The first kappa shape index (κ1) is 31.2. The van der Waals surface area contributed by atoms with Crippen molar-refractivity contribution >= 4 is 17.5 Å². The van der Waals surface area contributed by atoms with E-state index in [9.17, 15) is 34.8 Å². The van der Waals surface area contributed by atoms with Gasteiger partial charge in [0, 0.05) is 42.7 Å². The zero-order valence-electron chi connectivity index (χ0n) is 25.5. The second-order valence-corrected chi connectivity index (χ2v) is 12.7. The second kappa shape index (κ2) is 11.5. The zero-order chi connectivity index (χ0) is 32.4. The molecule has 240 valence electrons. The van der Waals surface area contributed by atoms with Gasteiger partial charge in [-0.25, -0.2) is 0 Å². The summed E-state index contributed by atoms with van der Waals surface area (Å²) >= 11 is 0. The van der Waals surface area contributed by atoms with Crippen molar-refractivity contribution in [3.8, 4) is 22.6 Å². The first-order valence-electron chi connectivity index (χ1n) is 15.1. The topological polar surface area (TPSA) is 183 Å². The van der Waals surface area contributed by atoms with Crippen LogP contribution in [0.25, 0.3) is 11.1 Å². The summed E-state index contributed by atoms with van der Waals surface area (Å²) in [5.41, 5.74) is 5.61. The number of hydrogen-bond acceptors (Lipinski definition) is 11. The molecule has 1 heterocycles. The molecule has 2 fully saturated rings. The Labute approximate surface area is 260 Å². The first-order chi connectivity index (χ1) is 21.4. The molecule has 6 atom stereocenters. The number of aliphatic hydroxyl groups excluding tert-OH is 2. The molecule has 1 aliphatic heterocycles. The van der Waals surface area contributed by atoms with Crippen molar-refractivity contribution in [3.63, 3.8) is 0 Å². The van der Waals surface area contributed by atoms with E-state index < -0.39 is 58.7 Å². The number of fused-ring (bicyclic) bond motifs is 3. The molecule has 2 aromatic carbocycles. The minimum Gasteiger partial charge on any atom is -0.508 e. The van der Waals surface area contributed by atoms with E-state index in [2.05, 4.69) is 4.90 Å². The van der Waals surface area contributed by atoms with Crippen LogP contribution in [-0.4, -0.2) is 113 Å². The molecule has 1 amide bonds. The van der Waals surface area contributed by atoms with Crippen LogP contribution in [0.5, 0.6) is 11.5 Å². The van der Waals surface area contributed by atoms with Crippen molar-refractivity contribution in [1.29, 1.82) is 0 Å². The van der Waals surface area contributed by atoms with Crippen molar-refractivity contribution in [2.75, 3.05) is 47.5 Å². The highest BCUT2D eigenvalue weighted by Crippen LogP contribution is 2.53. The Morgan fingerprint density at radius 3 is 2.49 bits per heavy atom. The average Bonchev–Trinajstić information content (AvgIpc) is 2.99. The summed E-state index contributed by atoms with van der Waals surface area (Å²) in [4.78, 5) is 43.9. The van der Waals surface area contributed by atoms with Crippen LogP contribution in [0, 0.1) is 17.8 Å². The van der Waals surface area contributed by atoms with Crippen molar-refractivity contribution in [2.24, 2.45) is 23.5 Å². The van der Waals surface area contributed by atoms with E-state index in [-0.39, 0.29) is 29.7 Å². The maximum Gasteiger partial charge on any atom is 0.230 e. The molecule has 0 radical (unpaired) electrons. The quantitative estimate of drug-likeness (QED) is 0.288. The minimum atomic E-state index is -2.63. The van der Waals surface area contributed by atoms with Crippen molar-refractivity contribution in [3.05, 3.63) is 58.4 Å². The molecule has 1 saturated carbocycles. The van der Waals surface area contributed by atoms with Gasteiger partial charge in [0.1, 0.15) is 23.2 Å². The number of carbonyl (C=O) groups is 3. The zero-order valence-corrected chi connectivity index (χ0v) is 25.5. The van der Waals surface area contributed by atoms with Gasteiger partial charge in [0.2, 0.25) is 5.91 Å². The Morgan fingerprint density at radius 1 is 1.13 bits per heavy atom. The lowest BCUT2D eigenvalue weighted by molar-refractivity contribution is -0.178. The van der Waals surface area contributed by atoms with Gasteiger partial charge in [-0.15, -0.1) is 0 Å². The molecular weight excluding hydrogens is 582 g/mol. The fourth-order valence-corrected chi connectivity index (χ4v) is 7.94. The normalized spacial score (nSPS) is 30.1. The molecule has 3 aliphatic carbocycles. The summed E-state index contributed by atoms with van der Waals surface area (Å²) in [5, 5.41) is 45.6. The molecule has 12 heteroatoms. The summed E-state index contributed by atoms with van der Waals surface area (Å²) in [7, 11) is 4.82. The highest BCUT2D eigenvalue weighted by Gasteiger charge is 2.66. The van der Waals surface area contributed by atoms with Gasteiger partial charge in [-0.1, -0.05) is 12.1 Å². The summed E-state index contributed by atoms with van der Waals surface area (Å²) < 4.78 is 11.2. The molecule has 6 rings (SSSR count). The van der Waals surface area contributed by atoms with Crippen LogP contribution in [0.2, 0.25) is 0 Å². The van der Waals surface area contributed by atoms with Crippen LogP contribution in [0.1, 0.15) is 27.9 Å². The number of methoxy groups -OCH3 is 1. The fraction of sp³-hybridized carbons (Fsp3) is 0.485. The van der Waals surface area contributed by atoms with Crippen LogP contribution < -0.4 is 10.5 Å². The lowest BCUT2D eigenvalue weighted by atomic mass is 9.55. The molecular formula is C33H39N3O9. The predicted octanol–water partition coefficient (Wildman–Crippen LogP) is 0.793. The van der Waals surface area contributed by atoms with Gasteiger partial charge >= 0.3 is 0 Å². The standard InChI is InChI=1S/C33H39N3O9/c1-35(2)27-21-14-17-13-20-18(19-12-16(4-7-23(19)44-3)15-36-8-10-45-11-9-36)5-6-22(37)25(20)28(38)24(17)30(40)33(21,43)31(41)26(29(27)39)32(34)42/h4-7,12,17,21,26-27,29,37,39-40,43H,8-11,13-15H2,1-3H3,(H2,34,42)/t17-,21-,26?,27-,29?,33-/m0/s1. The number of morpholine rings is 1. The molecule has 6 N–H and O–H groups in total. The number of phenols is 1. The Balaban J connectivity index is 1.47. The van der Waals surface area contributed by atoms with Crippen LogP contribution in [0.3, 0.4) is 0 Å². The maximum absolute atomic E-state index is 14.2. The van der Waals surface area contributed by atoms with E-state index in [0.29, 0.717) is 36.6 Å². The first-order valence-corrected chi connectivity index (χ1v) is 15.1. The van der Waals surface area contributed by atoms with Gasteiger partial charge in [0.05, 0.1) is 32.0 Å². The van der Waals surface area contributed by atoms with Crippen molar-refractivity contribution in [2.45, 2.75) is 37.1 Å². The molecule has 0 bridgehead atoms. The number of Topliss-reactive ketones (excluding diaryl/α,β-unsaturated/α-hetero) is 2. The monoisotopic (exact) mass is 621 g/mol. The molecule has 12 nitrogen and oxygen atoms in total. The van der Waals surface area contributed by atoms with E-state index >= 15 is 0 Å². The number of ketones is 2. The summed E-state index contributed by atoms with van der Waals surface area (Å²) in [6.07, 6.45) is -1.30. The number of aliphatic hydroxyl groups is 3. The van der Waals surface area contributed by atoms with Crippen LogP contribution in [0.4, 0.5) is 0 Å². The van der Waals surface area contributed by atoms with Crippen molar-refractivity contribution in [1.82, 2.24) is 9.80 Å². The lowest BCUT2D eigenvalue weighted by Gasteiger charge is -2.53. The number of nitrogens with two attached hydrogens (primary N) is 1. The van der Waals surface area contributed by atoms with Gasteiger partial charge in [-0.05, 0) is 67.7 Å². The smallest absolute Gasteiger partial charge is 0.230 e. The predicted molar refractivity (Wildman–Crippen MR) is 162 cm³/mol. The van der Waals surface area contributed by atoms with E-state index in [1.54, 1.807) is 32.2 Å². The van der Waals surface area contributed by atoms with Gasteiger partial charge < -0.3 is 40.5 Å². The number of aromatic hydroxyl groups is 1. The molecule has 2 aromatic rings. The highest BCUT2D eigenvalue weighted by atomic mass is 16.5. The Hall–Kier alpha value is -3.81. The third-order valence-electron chi connectivity index (χ3n) is 10.0. The third kappa shape index (κ3) is 4.83. The Bertz CT molecular complexity index is 1600. The van der Waals surface area contributed by atoms with Crippen LogP contribution in [-0.2, 0) is 27.3 Å². The van der Waals surface area contributed by atoms with Crippen molar-refractivity contribution < 1.29 is 44.3 Å². The Morgan fingerprint density at radius 2 is 1.84 bits per heavy atom. The van der Waals surface area contributed by atoms with Crippen LogP contribution >= 0.6 is 0 Å². The Kier molecular flexibility index (Phi) is 7.99. The molecule has 2 unspecified atom stereocenters. The number of hydrogen-bond donors (Lipinski definition) is 5. The van der Waals surface area contributed by atoms with Gasteiger partial charge in [-0.2, -0.15) is 0 Å². The third-order valence-corrected chi connectivity index (χ3v) is 10.0. The molecule has 0 spiro atoms. The molecule has 45 heavy (non-hydrogen) atoms. The maximum atomic E-state index is 14.2.